The fourth-order valence-corrected chi connectivity index (χ4v) is 1.57. The molecule has 0 unspecified atom stereocenters. The molecule has 0 atom stereocenters. The minimum Gasteiger partial charge on any atom is -0.448 e. The Balaban J connectivity index is 2.11. The van der Waals surface area contributed by atoms with E-state index in [0.29, 0.717) is 11.8 Å². The van der Waals surface area contributed by atoms with Crippen LogP contribution in [-0.2, 0) is 10.0 Å². The number of rotatable bonds is 3. The lowest BCUT2D eigenvalue weighted by atomic mass is 10.4. The smallest absolute Gasteiger partial charge is 0.286 e. The SMILES string of the molecule is CS(=O)(=O)NC(=O)c1coc(C2CC2)n1. The Kier molecular flexibility index (Phi) is 2.26. The highest BCUT2D eigenvalue weighted by atomic mass is 32.2. The van der Waals surface area contributed by atoms with Crippen molar-refractivity contribution in [2.45, 2.75) is 18.8 Å². The minimum atomic E-state index is -3.55. The van der Waals surface area contributed by atoms with Gasteiger partial charge < -0.3 is 4.42 Å². The Morgan fingerprint density at radius 3 is 2.80 bits per heavy atom. The second kappa shape index (κ2) is 3.34. The van der Waals surface area contributed by atoms with E-state index in [1.54, 1.807) is 0 Å². The molecule has 6 nitrogen and oxygen atoms in total. The maximum Gasteiger partial charge on any atom is 0.286 e. The van der Waals surface area contributed by atoms with Gasteiger partial charge in [0.15, 0.2) is 11.6 Å². The molecule has 82 valence electrons. The van der Waals surface area contributed by atoms with E-state index in [1.807, 2.05) is 4.72 Å². The molecule has 15 heavy (non-hydrogen) atoms. The first-order valence-electron chi connectivity index (χ1n) is 4.43. The van der Waals surface area contributed by atoms with Gasteiger partial charge in [-0.1, -0.05) is 0 Å². The Bertz CT molecular complexity index is 486. The van der Waals surface area contributed by atoms with Crippen LogP contribution in [0.5, 0.6) is 0 Å². The van der Waals surface area contributed by atoms with Crippen LogP contribution in [0.1, 0.15) is 35.1 Å². The number of carbonyl (C=O) groups excluding carboxylic acids is 1. The summed E-state index contributed by atoms with van der Waals surface area (Å²) in [5.41, 5.74) is 0.00215. The van der Waals surface area contributed by atoms with Gasteiger partial charge in [0.05, 0.1) is 6.26 Å². The molecule has 0 saturated heterocycles. The lowest BCUT2D eigenvalue weighted by Crippen LogP contribution is -2.29. The summed E-state index contributed by atoms with van der Waals surface area (Å²) in [6.45, 7) is 0. The number of nitrogens with one attached hydrogen (secondary N) is 1. The van der Waals surface area contributed by atoms with Crippen molar-refractivity contribution in [1.29, 1.82) is 0 Å². The predicted molar refractivity (Wildman–Crippen MR) is 50.8 cm³/mol. The quantitative estimate of drug-likeness (QED) is 0.803. The molecule has 0 bridgehead atoms. The van der Waals surface area contributed by atoms with Crippen LogP contribution in [0.15, 0.2) is 10.7 Å². The molecule has 1 aliphatic rings. The molecule has 1 heterocycles. The average Bonchev–Trinajstić information content (AvgIpc) is 2.81. The van der Waals surface area contributed by atoms with Crippen molar-refractivity contribution in [1.82, 2.24) is 9.71 Å². The van der Waals surface area contributed by atoms with Crippen molar-refractivity contribution in [3.05, 3.63) is 17.8 Å². The van der Waals surface area contributed by atoms with Gasteiger partial charge in [0.25, 0.3) is 5.91 Å². The highest BCUT2D eigenvalue weighted by Crippen LogP contribution is 2.39. The fraction of sp³-hybridized carbons (Fsp3) is 0.500. The van der Waals surface area contributed by atoms with E-state index in [1.165, 1.54) is 6.26 Å². The molecule has 1 amide bonds. The number of hydrogen-bond acceptors (Lipinski definition) is 5. The molecule has 0 aromatic carbocycles. The van der Waals surface area contributed by atoms with E-state index in [-0.39, 0.29) is 5.69 Å². The van der Waals surface area contributed by atoms with Crippen molar-refractivity contribution in [3.8, 4) is 0 Å². The summed E-state index contributed by atoms with van der Waals surface area (Å²) in [5.74, 6) is 0.0478. The first kappa shape index (κ1) is 10.2. The zero-order valence-electron chi connectivity index (χ0n) is 8.06. The molecule has 7 heteroatoms. The third-order valence-electron chi connectivity index (χ3n) is 1.96. The van der Waals surface area contributed by atoms with E-state index in [9.17, 15) is 13.2 Å². The molecule has 0 radical (unpaired) electrons. The Hall–Kier alpha value is -1.37. The Labute approximate surface area is 86.7 Å². The first-order valence-corrected chi connectivity index (χ1v) is 6.32. The molecule has 1 N–H and O–H groups in total. The molecule has 1 aromatic rings. The van der Waals surface area contributed by atoms with Gasteiger partial charge in [-0.25, -0.2) is 18.1 Å². The van der Waals surface area contributed by atoms with Crippen LogP contribution in [0.25, 0.3) is 0 Å². The number of sulfonamides is 1. The lowest BCUT2D eigenvalue weighted by molar-refractivity contribution is 0.0977. The largest absolute Gasteiger partial charge is 0.448 e. The molecule has 1 aromatic heterocycles. The standard InChI is InChI=1S/C8H10N2O4S/c1-15(12,13)10-7(11)6-4-14-8(9-6)5-2-3-5/h4-5H,2-3H2,1H3,(H,10,11). The summed E-state index contributed by atoms with van der Waals surface area (Å²) in [6, 6.07) is 0. The van der Waals surface area contributed by atoms with E-state index in [0.717, 1.165) is 19.1 Å². The van der Waals surface area contributed by atoms with Gasteiger partial charge >= 0.3 is 0 Å². The second-order valence-electron chi connectivity index (χ2n) is 3.55. The third kappa shape index (κ3) is 2.56. The van der Waals surface area contributed by atoms with Crippen molar-refractivity contribution in [3.63, 3.8) is 0 Å². The van der Waals surface area contributed by atoms with Crippen molar-refractivity contribution in [2.75, 3.05) is 6.26 Å². The predicted octanol–water partition coefficient (Wildman–Crippen LogP) is 0.241. The third-order valence-corrected chi connectivity index (χ3v) is 2.52. The summed E-state index contributed by atoms with van der Waals surface area (Å²) >= 11 is 0. The van der Waals surface area contributed by atoms with Gasteiger partial charge in [-0.3, -0.25) is 4.79 Å². The number of hydrogen-bond donors (Lipinski definition) is 1. The number of amides is 1. The molecular formula is C8H10N2O4S. The molecule has 1 saturated carbocycles. The van der Waals surface area contributed by atoms with Gasteiger partial charge in [-0.05, 0) is 12.8 Å². The van der Waals surface area contributed by atoms with E-state index >= 15 is 0 Å². The lowest BCUT2D eigenvalue weighted by Gasteiger charge is -1.97. The molecule has 2 rings (SSSR count). The summed E-state index contributed by atoms with van der Waals surface area (Å²) in [6.07, 6.45) is 4.10. The summed E-state index contributed by atoms with van der Waals surface area (Å²) in [5, 5.41) is 0. The Morgan fingerprint density at radius 1 is 1.60 bits per heavy atom. The monoisotopic (exact) mass is 230 g/mol. The second-order valence-corrected chi connectivity index (χ2v) is 5.30. The summed E-state index contributed by atoms with van der Waals surface area (Å²) in [7, 11) is -3.55. The van der Waals surface area contributed by atoms with Gasteiger partial charge in [0.2, 0.25) is 10.0 Å². The van der Waals surface area contributed by atoms with Gasteiger partial charge in [0, 0.05) is 5.92 Å². The van der Waals surface area contributed by atoms with Crippen molar-refractivity contribution in [2.24, 2.45) is 0 Å². The summed E-state index contributed by atoms with van der Waals surface area (Å²) < 4.78 is 28.4. The molecule has 0 aliphatic heterocycles. The number of carbonyl (C=O) groups is 1. The fourth-order valence-electron chi connectivity index (χ4n) is 1.13. The molecule has 1 aliphatic carbocycles. The average molecular weight is 230 g/mol. The first-order chi connectivity index (χ1) is 6.96. The van der Waals surface area contributed by atoms with E-state index in [4.69, 9.17) is 4.42 Å². The maximum atomic E-state index is 11.3. The van der Waals surface area contributed by atoms with Gasteiger partial charge in [0.1, 0.15) is 6.26 Å². The van der Waals surface area contributed by atoms with Crippen LogP contribution in [-0.4, -0.2) is 25.6 Å². The van der Waals surface area contributed by atoms with E-state index < -0.39 is 15.9 Å². The van der Waals surface area contributed by atoms with Crippen LogP contribution in [0.2, 0.25) is 0 Å². The summed E-state index contributed by atoms with van der Waals surface area (Å²) in [4.78, 5) is 15.2. The highest BCUT2D eigenvalue weighted by Gasteiger charge is 2.29. The zero-order valence-corrected chi connectivity index (χ0v) is 8.87. The maximum absolute atomic E-state index is 11.3. The topological polar surface area (TPSA) is 89.3 Å². The highest BCUT2D eigenvalue weighted by molar-refractivity contribution is 7.89. The molecular weight excluding hydrogens is 220 g/mol. The van der Waals surface area contributed by atoms with Crippen LogP contribution in [0, 0.1) is 0 Å². The van der Waals surface area contributed by atoms with Crippen molar-refractivity contribution >= 4 is 15.9 Å². The van der Waals surface area contributed by atoms with E-state index in [2.05, 4.69) is 4.98 Å². The normalized spacial score (nSPS) is 16.3. The minimum absolute atomic E-state index is 0.00215. The van der Waals surface area contributed by atoms with Crippen molar-refractivity contribution < 1.29 is 17.6 Å². The number of oxazole rings is 1. The Morgan fingerprint density at radius 2 is 2.27 bits per heavy atom. The van der Waals surface area contributed by atoms with Crippen LogP contribution in [0.3, 0.4) is 0 Å². The number of nitrogens with zero attached hydrogens (tertiary/aromatic N) is 1. The van der Waals surface area contributed by atoms with Gasteiger partial charge in [-0.2, -0.15) is 0 Å². The van der Waals surface area contributed by atoms with Crippen LogP contribution < -0.4 is 4.72 Å². The van der Waals surface area contributed by atoms with Gasteiger partial charge in [-0.15, -0.1) is 0 Å². The van der Waals surface area contributed by atoms with Crippen LogP contribution >= 0.6 is 0 Å². The zero-order chi connectivity index (χ0) is 11.1. The number of aromatic nitrogens is 1. The molecule has 1 fully saturated rings. The van der Waals surface area contributed by atoms with Crippen LogP contribution in [0.4, 0.5) is 0 Å². The molecule has 0 spiro atoms.